The molecule has 4 rings (SSSR count). The number of aromatic nitrogens is 2. The number of rotatable bonds is 14. The molecule has 0 saturated heterocycles. The molecule has 1 aromatic heterocycles. The number of carbonyl (C=O) groups excluding carboxylic acids is 3. The van der Waals surface area contributed by atoms with Crippen LogP contribution in [0.25, 0.3) is 0 Å². The second-order valence-electron chi connectivity index (χ2n) is 9.50. The van der Waals surface area contributed by atoms with E-state index in [1.807, 2.05) is 84.9 Å². The summed E-state index contributed by atoms with van der Waals surface area (Å²) in [6, 6.07) is 25.7. The van der Waals surface area contributed by atoms with Crippen LogP contribution in [0.2, 0.25) is 0 Å². The van der Waals surface area contributed by atoms with Crippen molar-refractivity contribution in [3.63, 3.8) is 0 Å². The van der Waals surface area contributed by atoms with Gasteiger partial charge >= 0.3 is 0 Å². The lowest BCUT2D eigenvalue weighted by molar-refractivity contribution is -0.129. The molecule has 0 bridgehead atoms. The molecule has 0 unspecified atom stereocenters. The second kappa shape index (κ2) is 14.3. The maximum Gasteiger partial charge on any atom is 0.242 e. The molecule has 4 aromatic rings. The van der Waals surface area contributed by atoms with Gasteiger partial charge in [-0.3, -0.25) is 14.4 Å². The minimum absolute atomic E-state index is 0.163. The van der Waals surface area contributed by atoms with Crippen molar-refractivity contribution in [2.24, 2.45) is 5.73 Å². The number of nitrogens with one attached hydrogen (secondary N) is 4. The van der Waals surface area contributed by atoms with E-state index in [1.54, 1.807) is 12.4 Å². The largest absolute Gasteiger partial charge is 0.369 e. The van der Waals surface area contributed by atoms with Crippen LogP contribution in [-0.2, 0) is 27.3 Å². The number of amides is 3. The number of carbonyl (C=O) groups is 3. The number of H-pyrrole nitrogens is 1. The van der Waals surface area contributed by atoms with Crippen LogP contribution in [0.15, 0.2) is 97.3 Å². The third-order valence-corrected chi connectivity index (χ3v) is 6.49. The van der Waals surface area contributed by atoms with Crippen molar-refractivity contribution in [3.05, 3.63) is 120 Å². The van der Waals surface area contributed by atoms with Gasteiger partial charge in [-0.15, -0.1) is 0 Å². The second-order valence-corrected chi connectivity index (χ2v) is 9.50. The summed E-state index contributed by atoms with van der Waals surface area (Å²) in [5.41, 5.74) is 8.65. The highest BCUT2D eigenvalue weighted by Gasteiger charge is 2.27. The van der Waals surface area contributed by atoms with Crippen molar-refractivity contribution >= 4 is 23.7 Å². The Bertz CT molecular complexity index is 1320. The van der Waals surface area contributed by atoms with Crippen molar-refractivity contribution < 1.29 is 14.4 Å². The first-order valence-corrected chi connectivity index (χ1v) is 13.3. The Morgan fingerprint density at radius 3 is 2.02 bits per heavy atom. The first-order chi connectivity index (χ1) is 19.5. The average Bonchev–Trinajstić information content (AvgIpc) is 3.49. The zero-order chi connectivity index (χ0) is 28.2. The van der Waals surface area contributed by atoms with Crippen LogP contribution in [0.5, 0.6) is 0 Å². The van der Waals surface area contributed by atoms with Gasteiger partial charge in [0.05, 0.1) is 12.3 Å². The number of anilines is 1. The predicted octanol–water partition coefficient (Wildman–Crippen LogP) is 3.26. The summed E-state index contributed by atoms with van der Waals surface area (Å²) in [6.07, 6.45) is 4.61. The third-order valence-electron chi connectivity index (χ3n) is 6.49. The number of imidazole rings is 1. The Balaban J connectivity index is 1.45. The van der Waals surface area contributed by atoms with Crippen LogP contribution >= 0.6 is 0 Å². The van der Waals surface area contributed by atoms with E-state index in [0.717, 1.165) is 22.3 Å². The van der Waals surface area contributed by atoms with Gasteiger partial charge < -0.3 is 26.7 Å². The van der Waals surface area contributed by atoms with Gasteiger partial charge in [-0.25, -0.2) is 4.98 Å². The van der Waals surface area contributed by atoms with Crippen LogP contribution in [0.4, 0.5) is 5.95 Å². The number of primary amides is 1. The number of nitrogens with zero attached hydrogens (tertiary/aromatic N) is 1. The molecule has 40 heavy (non-hydrogen) atoms. The lowest BCUT2D eigenvalue weighted by Crippen LogP contribution is -2.48. The van der Waals surface area contributed by atoms with E-state index in [-0.39, 0.29) is 24.8 Å². The zero-order valence-electron chi connectivity index (χ0n) is 22.2. The van der Waals surface area contributed by atoms with Gasteiger partial charge in [0.2, 0.25) is 17.7 Å². The molecule has 1 atom stereocenters. The summed E-state index contributed by atoms with van der Waals surface area (Å²) in [6.45, 7) is 0.864. The first kappa shape index (κ1) is 28.1. The summed E-state index contributed by atoms with van der Waals surface area (Å²) < 4.78 is 0. The predicted molar refractivity (Wildman–Crippen MR) is 154 cm³/mol. The quantitative estimate of drug-likeness (QED) is 0.157. The van der Waals surface area contributed by atoms with Gasteiger partial charge in [0.15, 0.2) is 5.95 Å². The minimum atomic E-state index is -0.741. The van der Waals surface area contributed by atoms with Crippen molar-refractivity contribution in [1.82, 2.24) is 20.6 Å². The molecule has 0 radical (unpaired) electrons. The van der Waals surface area contributed by atoms with Crippen molar-refractivity contribution in [3.8, 4) is 0 Å². The van der Waals surface area contributed by atoms with E-state index >= 15 is 0 Å². The van der Waals surface area contributed by atoms with Gasteiger partial charge in [-0.05, 0) is 35.1 Å². The van der Waals surface area contributed by atoms with E-state index < -0.39 is 17.9 Å². The molecule has 0 aliphatic heterocycles. The van der Waals surface area contributed by atoms with Gasteiger partial charge in [-0.2, -0.15) is 0 Å². The molecule has 9 nitrogen and oxygen atoms in total. The Hall–Kier alpha value is -4.92. The normalized spacial score (nSPS) is 11.5. The number of aromatic amines is 1. The van der Waals surface area contributed by atoms with Crippen molar-refractivity contribution in [1.29, 1.82) is 0 Å². The summed E-state index contributed by atoms with van der Waals surface area (Å²) >= 11 is 0. The van der Waals surface area contributed by atoms with Crippen LogP contribution in [0.3, 0.4) is 0 Å². The van der Waals surface area contributed by atoms with Gasteiger partial charge in [-0.1, -0.05) is 84.9 Å². The van der Waals surface area contributed by atoms with Gasteiger partial charge in [0.25, 0.3) is 0 Å². The van der Waals surface area contributed by atoms with Crippen LogP contribution in [0.1, 0.15) is 41.0 Å². The summed E-state index contributed by atoms with van der Waals surface area (Å²) in [5, 5.41) is 9.15. The molecule has 0 spiro atoms. The molecule has 206 valence electrons. The molecule has 1 heterocycles. The summed E-state index contributed by atoms with van der Waals surface area (Å²) in [5.74, 6) is -0.819. The molecular formula is C31H34N6O3. The fraction of sp³-hybridized carbons (Fsp3) is 0.226. The Morgan fingerprint density at radius 1 is 0.825 bits per heavy atom. The fourth-order valence-electron chi connectivity index (χ4n) is 4.47. The van der Waals surface area contributed by atoms with E-state index in [1.165, 1.54) is 0 Å². The molecular weight excluding hydrogens is 504 g/mol. The first-order valence-electron chi connectivity index (χ1n) is 13.3. The monoisotopic (exact) mass is 538 g/mol. The highest BCUT2D eigenvalue weighted by Crippen LogP contribution is 2.25. The Labute approximate surface area is 233 Å². The SMILES string of the molecule is NC(=O)Cc1ccc(CNC(=O)[C@@H](CCCNc2ncc[nH]2)NC(=O)C(c2ccccc2)c2ccccc2)cc1. The van der Waals surface area contributed by atoms with Gasteiger partial charge in [0.1, 0.15) is 6.04 Å². The molecule has 0 fully saturated rings. The Kier molecular flexibility index (Phi) is 10.0. The van der Waals surface area contributed by atoms with Crippen molar-refractivity contribution in [2.45, 2.75) is 37.8 Å². The van der Waals surface area contributed by atoms with Crippen LogP contribution in [0, 0.1) is 0 Å². The summed E-state index contributed by atoms with van der Waals surface area (Å²) in [4.78, 5) is 45.4. The lowest BCUT2D eigenvalue weighted by atomic mass is 9.90. The summed E-state index contributed by atoms with van der Waals surface area (Å²) in [7, 11) is 0. The average molecular weight is 539 g/mol. The van der Waals surface area contributed by atoms with E-state index in [4.69, 9.17) is 5.73 Å². The molecule has 0 aliphatic carbocycles. The molecule has 0 aliphatic rings. The molecule has 0 saturated carbocycles. The number of hydrogen-bond acceptors (Lipinski definition) is 5. The topological polar surface area (TPSA) is 142 Å². The van der Waals surface area contributed by atoms with E-state index in [9.17, 15) is 14.4 Å². The number of nitrogens with two attached hydrogens (primary N) is 1. The maximum absolute atomic E-state index is 13.7. The third kappa shape index (κ3) is 8.29. The van der Waals surface area contributed by atoms with E-state index in [2.05, 4.69) is 25.9 Å². The molecule has 9 heteroatoms. The molecule has 3 amide bonds. The zero-order valence-corrected chi connectivity index (χ0v) is 22.2. The highest BCUT2D eigenvalue weighted by molar-refractivity contribution is 5.92. The number of hydrogen-bond donors (Lipinski definition) is 5. The van der Waals surface area contributed by atoms with Crippen LogP contribution in [-0.4, -0.2) is 40.3 Å². The maximum atomic E-state index is 13.7. The van der Waals surface area contributed by atoms with E-state index in [0.29, 0.717) is 25.3 Å². The highest BCUT2D eigenvalue weighted by atomic mass is 16.2. The van der Waals surface area contributed by atoms with Gasteiger partial charge in [0, 0.05) is 25.5 Å². The minimum Gasteiger partial charge on any atom is -0.369 e. The molecule has 6 N–H and O–H groups in total. The molecule has 3 aromatic carbocycles. The fourth-order valence-corrected chi connectivity index (χ4v) is 4.47. The Morgan fingerprint density at radius 2 is 1.45 bits per heavy atom. The van der Waals surface area contributed by atoms with Crippen molar-refractivity contribution in [2.75, 3.05) is 11.9 Å². The number of benzene rings is 3. The lowest BCUT2D eigenvalue weighted by Gasteiger charge is -2.23. The van der Waals surface area contributed by atoms with Crippen LogP contribution < -0.4 is 21.7 Å². The standard InChI is InChI=1S/C31H34N6O3/c32-27(38)20-22-13-15-23(16-14-22)21-36-29(39)26(12-7-17-33-31-34-18-19-35-31)37-30(40)28(24-8-3-1-4-9-24)25-10-5-2-6-11-25/h1-6,8-11,13-16,18-19,26,28H,7,12,17,20-21H2,(H2,32,38)(H,36,39)(H,37,40)(H2,33,34,35)/t26-/m1/s1. The smallest absolute Gasteiger partial charge is 0.242 e.